The van der Waals surface area contributed by atoms with Gasteiger partial charge in [-0.05, 0) is 144 Å². The third-order valence-electron chi connectivity index (χ3n) is 13.7. The van der Waals surface area contributed by atoms with Crippen LogP contribution in [0.3, 0.4) is 0 Å². The van der Waals surface area contributed by atoms with Gasteiger partial charge in [0.2, 0.25) is 0 Å². The van der Waals surface area contributed by atoms with Gasteiger partial charge in [-0.3, -0.25) is 0 Å². The molecule has 0 bridgehead atoms. The van der Waals surface area contributed by atoms with Crippen molar-refractivity contribution in [1.29, 1.82) is 0 Å². The lowest BCUT2D eigenvalue weighted by Gasteiger charge is -2.27. The van der Waals surface area contributed by atoms with Crippen LogP contribution >= 0.6 is 0 Å². The van der Waals surface area contributed by atoms with E-state index in [1.54, 1.807) is 0 Å². The van der Waals surface area contributed by atoms with Gasteiger partial charge in [0.05, 0.1) is 11.0 Å². The summed E-state index contributed by atoms with van der Waals surface area (Å²) in [5.41, 5.74) is 16.4. The Balaban J connectivity index is 0.979. The summed E-state index contributed by atoms with van der Waals surface area (Å²) in [5, 5.41) is 9.97. The van der Waals surface area contributed by atoms with E-state index in [0.29, 0.717) is 0 Å². The monoisotopic (exact) mass is 864 g/mol. The fourth-order valence-electron chi connectivity index (χ4n) is 10.6. The molecule has 13 rings (SSSR count). The van der Waals surface area contributed by atoms with Crippen molar-refractivity contribution < 1.29 is 0 Å². The summed E-state index contributed by atoms with van der Waals surface area (Å²) in [6.07, 6.45) is 0. The van der Waals surface area contributed by atoms with Crippen molar-refractivity contribution in [2.45, 2.75) is 0 Å². The van der Waals surface area contributed by atoms with E-state index in [1.165, 1.54) is 93.1 Å². The van der Waals surface area contributed by atoms with Gasteiger partial charge in [0.15, 0.2) is 0 Å². The van der Waals surface area contributed by atoms with Crippen LogP contribution < -0.4 is 4.90 Å². The number of hydrogen-bond acceptors (Lipinski definition) is 1. The largest absolute Gasteiger partial charge is 0.310 e. The molecule has 12 aromatic carbocycles. The van der Waals surface area contributed by atoms with Gasteiger partial charge >= 0.3 is 0 Å². The van der Waals surface area contributed by atoms with Crippen molar-refractivity contribution in [3.8, 4) is 50.2 Å². The van der Waals surface area contributed by atoms with Gasteiger partial charge in [-0.1, -0.05) is 194 Å². The molecule has 318 valence electrons. The van der Waals surface area contributed by atoms with Crippen molar-refractivity contribution in [3.05, 3.63) is 267 Å². The number of para-hydroxylation sites is 2. The number of hydrogen-bond donors (Lipinski definition) is 0. The lowest BCUT2D eigenvalue weighted by Crippen LogP contribution is -2.10. The minimum atomic E-state index is 1.08. The molecular formula is C66H44N2. The van der Waals surface area contributed by atoms with E-state index in [9.17, 15) is 0 Å². The minimum absolute atomic E-state index is 1.08. The zero-order valence-corrected chi connectivity index (χ0v) is 37.3. The predicted molar refractivity (Wildman–Crippen MR) is 290 cm³/mol. The molecular weight excluding hydrogens is 821 g/mol. The summed E-state index contributed by atoms with van der Waals surface area (Å²) < 4.78 is 2.45. The van der Waals surface area contributed by atoms with E-state index in [4.69, 9.17) is 0 Å². The molecule has 0 saturated heterocycles. The Bertz CT molecular complexity index is 4000. The van der Waals surface area contributed by atoms with Crippen LogP contribution in [-0.2, 0) is 0 Å². The summed E-state index contributed by atoms with van der Waals surface area (Å²) in [7, 11) is 0. The zero-order valence-electron chi connectivity index (χ0n) is 37.3. The van der Waals surface area contributed by atoms with Crippen molar-refractivity contribution in [2.75, 3.05) is 4.90 Å². The first kappa shape index (κ1) is 39.4. The van der Waals surface area contributed by atoms with Crippen molar-refractivity contribution in [3.63, 3.8) is 0 Å². The van der Waals surface area contributed by atoms with Crippen LogP contribution in [0.2, 0.25) is 0 Å². The highest BCUT2D eigenvalue weighted by Crippen LogP contribution is 2.45. The van der Waals surface area contributed by atoms with Gasteiger partial charge in [0.25, 0.3) is 0 Å². The molecule has 0 N–H and O–H groups in total. The maximum absolute atomic E-state index is 2.45. The molecule has 0 aliphatic rings. The molecule has 0 aliphatic carbocycles. The Morgan fingerprint density at radius 2 is 0.765 bits per heavy atom. The highest BCUT2D eigenvalue weighted by molar-refractivity contribution is 6.24. The smallest absolute Gasteiger partial charge is 0.0625 e. The first-order valence-electron chi connectivity index (χ1n) is 23.4. The number of nitrogens with zero attached hydrogens (tertiary/aromatic N) is 2. The third-order valence-corrected chi connectivity index (χ3v) is 13.7. The van der Waals surface area contributed by atoms with Crippen LogP contribution in [0.15, 0.2) is 267 Å². The predicted octanol–water partition coefficient (Wildman–Crippen LogP) is 18.4. The summed E-state index contributed by atoms with van der Waals surface area (Å²) in [4.78, 5) is 2.40. The Morgan fingerprint density at radius 3 is 1.49 bits per heavy atom. The molecule has 0 aliphatic heterocycles. The fourth-order valence-corrected chi connectivity index (χ4v) is 10.6. The highest BCUT2D eigenvalue weighted by Gasteiger charge is 2.21. The molecule has 0 amide bonds. The van der Waals surface area contributed by atoms with Gasteiger partial charge in [0.1, 0.15) is 0 Å². The van der Waals surface area contributed by atoms with Crippen LogP contribution in [0.1, 0.15) is 0 Å². The minimum Gasteiger partial charge on any atom is -0.310 e. The third kappa shape index (κ3) is 6.73. The Labute approximate surface area is 395 Å². The first-order chi connectivity index (χ1) is 33.7. The number of aromatic nitrogens is 1. The summed E-state index contributed by atoms with van der Waals surface area (Å²) in [5.74, 6) is 0. The molecule has 0 radical (unpaired) electrons. The van der Waals surface area contributed by atoms with E-state index >= 15 is 0 Å². The van der Waals surface area contributed by atoms with E-state index in [0.717, 1.165) is 28.3 Å². The average Bonchev–Trinajstić information content (AvgIpc) is 3.77. The van der Waals surface area contributed by atoms with Gasteiger partial charge in [-0.2, -0.15) is 0 Å². The standard InChI is InChI=1S/C66H44N2/c1-3-17-45(18-4-1)48-21-15-22-49(41-48)46-33-37-54(38-34-46)67(55-39-35-47(36-40-55)62-43-51-19-7-9-27-57(51)59-29-11-12-30-60(59)62)56-26-16-23-50(42-56)63-44-52-20-8-10-28-58(52)66-65(63)61-31-13-14-32-64(61)68(66)53-24-5-2-6-25-53/h1-44H. The number of benzene rings is 12. The van der Waals surface area contributed by atoms with E-state index in [1.807, 2.05) is 0 Å². The maximum Gasteiger partial charge on any atom is 0.0625 e. The molecule has 0 fully saturated rings. The van der Waals surface area contributed by atoms with Crippen molar-refractivity contribution in [1.82, 2.24) is 4.57 Å². The van der Waals surface area contributed by atoms with E-state index in [-0.39, 0.29) is 0 Å². The van der Waals surface area contributed by atoms with Crippen LogP contribution in [-0.4, -0.2) is 4.57 Å². The zero-order chi connectivity index (χ0) is 45.0. The Kier molecular flexibility index (Phi) is 9.54. The molecule has 2 nitrogen and oxygen atoms in total. The second-order valence-electron chi connectivity index (χ2n) is 17.7. The van der Waals surface area contributed by atoms with Gasteiger partial charge in [-0.25, -0.2) is 0 Å². The highest BCUT2D eigenvalue weighted by atomic mass is 15.1. The maximum atomic E-state index is 2.45. The molecule has 68 heavy (non-hydrogen) atoms. The molecule has 0 saturated carbocycles. The molecule has 1 aromatic heterocycles. The molecule has 0 unspecified atom stereocenters. The quantitative estimate of drug-likeness (QED) is 0.138. The molecule has 2 heteroatoms. The number of rotatable bonds is 8. The number of fused-ring (bicyclic) bond motifs is 8. The first-order valence-corrected chi connectivity index (χ1v) is 23.4. The summed E-state index contributed by atoms with van der Waals surface area (Å²) in [6.45, 7) is 0. The van der Waals surface area contributed by atoms with E-state index in [2.05, 4.69) is 276 Å². The molecule has 1 heterocycles. The second kappa shape index (κ2) is 16.5. The van der Waals surface area contributed by atoms with Gasteiger partial charge in [-0.15, -0.1) is 0 Å². The lowest BCUT2D eigenvalue weighted by atomic mass is 9.93. The van der Waals surface area contributed by atoms with Crippen LogP contribution in [0, 0.1) is 0 Å². The average molecular weight is 865 g/mol. The van der Waals surface area contributed by atoms with Crippen molar-refractivity contribution >= 4 is 71.2 Å². The number of anilines is 3. The summed E-state index contributed by atoms with van der Waals surface area (Å²) >= 11 is 0. The van der Waals surface area contributed by atoms with Crippen LogP contribution in [0.5, 0.6) is 0 Å². The van der Waals surface area contributed by atoms with Crippen LogP contribution in [0.4, 0.5) is 17.1 Å². The van der Waals surface area contributed by atoms with Gasteiger partial charge in [0, 0.05) is 38.9 Å². The molecule has 13 aromatic rings. The lowest BCUT2D eigenvalue weighted by molar-refractivity contribution is 1.19. The normalized spacial score (nSPS) is 11.5. The van der Waals surface area contributed by atoms with Crippen molar-refractivity contribution in [2.24, 2.45) is 0 Å². The van der Waals surface area contributed by atoms with E-state index < -0.39 is 0 Å². The second-order valence-corrected chi connectivity index (χ2v) is 17.7. The van der Waals surface area contributed by atoms with Gasteiger partial charge < -0.3 is 9.47 Å². The molecule has 0 atom stereocenters. The SMILES string of the molecule is c1ccc(-c2cccc(-c3ccc(N(c4ccc(-c5cc6ccccc6c6ccccc56)cc4)c4cccc(-c5cc6ccccc6c6c5c5ccccc5n6-c5ccccc5)c4)cc3)c2)cc1. The fraction of sp³-hybridized carbons (Fsp3) is 0. The molecule has 0 spiro atoms. The Hall–Kier alpha value is -8.98. The van der Waals surface area contributed by atoms with Crippen LogP contribution in [0.25, 0.3) is 104 Å². The Morgan fingerprint density at radius 1 is 0.265 bits per heavy atom. The topological polar surface area (TPSA) is 8.17 Å². The summed E-state index contributed by atoms with van der Waals surface area (Å²) in [6, 6.07) is 97.5.